The van der Waals surface area contributed by atoms with Gasteiger partial charge in [0.05, 0.1) is 22.8 Å². The summed E-state index contributed by atoms with van der Waals surface area (Å²) >= 11 is 0. The first-order valence-corrected chi connectivity index (χ1v) is 10.4. The van der Waals surface area contributed by atoms with Crippen molar-refractivity contribution in [2.45, 2.75) is 19.9 Å². The van der Waals surface area contributed by atoms with Crippen LogP contribution in [0.5, 0.6) is 0 Å². The van der Waals surface area contributed by atoms with Crippen molar-refractivity contribution in [1.29, 1.82) is 0 Å². The standard InChI is InChI=1S/C24H20N6O3/c1-14(2)30-22-19(13-25-30)18(12-20(27-22)15-7-4-3-5-8-15)23(31)26-17-10-6-9-16(11-17)21-28-24(32)33-29-21/h3-14H,1-2H3,(H,26,31)(H,28,29,32). The molecule has 2 N–H and O–H groups in total. The van der Waals surface area contributed by atoms with Crippen molar-refractivity contribution < 1.29 is 9.32 Å². The minimum Gasteiger partial charge on any atom is -0.322 e. The second kappa shape index (κ2) is 8.19. The van der Waals surface area contributed by atoms with Crippen LogP contribution in [0, 0.1) is 0 Å². The van der Waals surface area contributed by atoms with Gasteiger partial charge in [-0.3, -0.25) is 14.3 Å². The number of amides is 1. The van der Waals surface area contributed by atoms with Crippen molar-refractivity contribution in [3.63, 3.8) is 0 Å². The molecule has 164 valence electrons. The Bertz CT molecular complexity index is 1510. The van der Waals surface area contributed by atoms with Crippen LogP contribution in [0.1, 0.15) is 30.2 Å². The van der Waals surface area contributed by atoms with Crippen LogP contribution in [0.2, 0.25) is 0 Å². The van der Waals surface area contributed by atoms with E-state index in [0.29, 0.717) is 33.5 Å². The van der Waals surface area contributed by atoms with Crippen LogP contribution < -0.4 is 11.1 Å². The third-order valence-corrected chi connectivity index (χ3v) is 5.20. The summed E-state index contributed by atoms with van der Waals surface area (Å²) in [5, 5.41) is 11.7. The summed E-state index contributed by atoms with van der Waals surface area (Å²) in [7, 11) is 0. The first kappa shape index (κ1) is 20.4. The van der Waals surface area contributed by atoms with Crippen molar-refractivity contribution >= 4 is 22.6 Å². The number of carbonyl (C=O) groups is 1. The molecular weight excluding hydrogens is 420 g/mol. The Labute approximate surface area is 188 Å². The predicted molar refractivity (Wildman–Crippen MR) is 124 cm³/mol. The molecule has 0 aliphatic carbocycles. The van der Waals surface area contributed by atoms with E-state index in [4.69, 9.17) is 4.98 Å². The molecule has 3 aromatic heterocycles. The maximum absolute atomic E-state index is 13.4. The molecule has 9 nitrogen and oxygen atoms in total. The Kier molecular flexibility index (Phi) is 5.06. The van der Waals surface area contributed by atoms with Crippen LogP contribution in [0.25, 0.3) is 33.7 Å². The maximum atomic E-state index is 13.4. The van der Waals surface area contributed by atoms with E-state index in [1.165, 1.54) is 0 Å². The van der Waals surface area contributed by atoms with E-state index in [1.807, 2.05) is 44.2 Å². The lowest BCUT2D eigenvalue weighted by Gasteiger charge is -2.11. The Hall–Kier alpha value is -4.53. The highest BCUT2D eigenvalue weighted by Gasteiger charge is 2.19. The zero-order valence-corrected chi connectivity index (χ0v) is 17.9. The van der Waals surface area contributed by atoms with Crippen LogP contribution in [-0.4, -0.2) is 30.8 Å². The highest BCUT2D eigenvalue weighted by molar-refractivity contribution is 6.12. The van der Waals surface area contributed by atoms with Gasteiger partial charge in [0, 0.05) is 22.9 Å². The van der Waals surface area contributed by atoms with Crippen molar-refractivity contribution in [3.05, 3.63) is 83.0 Å². The van der Waals surface area contributed by atoms with E-state index in [1.54, 1.807) is 41.2 Å². The molecule has 2 aromatic carbocycles. The number of aromatic nitrogens is 5. The summed E-state index contributed by atoms with van der Waals surface area (Å²) in [6.45, 7) is 4.03. The third-order valence-electron chi connectivity index (χ3n) is 5.20. The second-order valence-electron chi connectivity index (χ2n) is 7.82. The fraction of sp³-hybridized carbons (Fsp3) is 0.125. The number of anilines is 1. The average molecular weight is 440 g/mol. The largest absolute Gasteiger partial charge is 0.439 e. The number of hydrogen-bond acceptors (Lipinski definition) is 6. The predicted octanol–water partition coefficient (Wildman–Crippen LogP) is 4.27. The zero-order valence-electron chi connectivity index (χ0n) is 17.9. The van der Waals surface area contributed by atoms with E-state index in [-0.39, 0.29) is 17.8 Å². The number of benzene rings is 2. The van der Waals surface area contributed by atoms with Gasteiger partial charge in [-0.15, -0.1) is 0 Å². The van der Waals surface area contributed by atoms with Crippen LogP contribution in [-0.2, 0) is 0 Å². The fourth-order valence-electron chi connectivity index (χ4n) is 3.64. The molecule has 0 radical (unpaired) electrons. The molecule has 1 amide bonds. The molecule has 5 aromatic rings. The number of carbonyl (C=O) groups excluding carboxylic acids is 1. The molecule has 0 unspecified atom stereocenters. The summed E-state index contributed by atoms with van der Waals surface area (Å²) in [5.41, 5.74) is 3.85. The van der Waals surface area contributed by atoms with E-state index in [2.05, 4.69) is 25.1 Å². The lowest BCUT2D eigenvalue weighted by atomic mass is 10.1. The van der Waals surface area contributed by atoms with Gasteiger partial charge in [-0.1, -0.05) is 47.6 Å². The molecule has 33 heavy (non-hydrogen) atoms. The minimum atomic E-state index is -0.644. The fourth-order valence-corrected chi connectivity index (χ4v) is 3.64. The summed E-state index contributed by atoms with van der Waals surface area (Å²) in [4.78, 5) is 31.9. The number of fused-ring (bicyclic) bond motifs is 1. The van der Waals surface area contributed by atoms with Gasteiger partial charge in [-0.05, 0) is 32.0 Å². The summed E-state index contributed by atoms with van der Waals surface area (Å²) < 4.78 is 6.38. The lowest BCUT2D eigenvalue weighted by Crippen LogP contribution is -2.13. The molecule has 9 heteroatoms. The molecule has 0 atom stereocenters. The SMILES string of the molecule is CC(C)n1ncc2c(C(=O)Nc3cccc(-c4noc(=O)[nH]4)c3)cc(-c3ccccc3)nc21. The normalized spacial score (nSPS) is 11.2. The number of nitrogens with one attached hydrogen (secondary N) is 2. The number of H-pyrrole nitrogens is 1. The van der Waals surface area contributed by atoms with E-state index in [9.17, 15) is 9.59 Å². The molecule has 0 aliphatic heterocycles. The van der Waals surface area contributed by atoms with Crippen LogP contribution >= 0.6 is 0 Å². The van der Waals surface area contributed by atoms with Gasteiger partial charge in [-0.25, -0.2) is 14.5 Å². The second-order valence-corrected chi connectivity index (χ2v) is 7.82. The number of rotatable bonds is 5. The Morgan fingerprint density at radius 3 is 2.58 bits per heavy atom. The smallest absolute Gasteiger partial charge is 0.322 e. The first-order chi connectivity index (χ1) is 16.0. The highest BCUT2D eigenvalue weighted by atomic mass is 16.5. The van der Waals surface area contributed by atoms with Gasteiger partial charge in [0.25, 0.3) is 5.91 Å². The average Bonchev–Trinajstić information content (AvgIpc) is 3.45. The topological polar surface area (TPSA) is 119 Å². The van der Waals surface area contributed by atoms with Crippen molar-refractivity contribution in [2.75, 3.05) is 5.32 Å². The maximum Gasteiger partial charge on any atom is 0.439 e. The molecule has 0 spiro atoms. The Morgan fingerprint density at radius 2 is 1.85 bits per heavy atom. The number of hydrogen-bond donors (Lipinski definition) is 2. The van der Waals surface area contributed by atoms with Crippen LogP contribution in [0.15, 0.2) is 76.2 Å². The van der Waals surface area contributed by atoms with Gasteiger partial charge >= 0.3 is 5.76 Å². The van der Waals surface area contributed by atoms with Crippen molar-refractivity contribution in [2.24, 2.45) is 0 Å². The number of nitrogens with zero attached hydrogens (tertiary/aromatic N) is 4. The van der Waals surface area contributed by atoms with Gasteiger partial charge in [0.2, 0.25) is 0 Å². The van der Waals surface area contributed by atoms with E-state index in [0.717, 1.165) is 5.56 Å². The molecule has 3 heterocycles. The molecule has 0 saturated heterocycles. The van der Waals surface area contributed by atoms with Crippen molar-refractivity contribution in [1.82, 2.24) is 24.9 Å². The molecule has 0 aliphatic rings. The Morgan fingerprint density at radius 1 is 1.06 bits per heavy atom. The summed E-state index contributed by atoms with van der Waals surface area (Å²) in [6.07, 6.45) is 1.67. The van der Waals surface area contributed by atoms with Gasteiger partial charge in [0.1, 0.15) is 0 Å². The molecular formula is C24H20N6O3. The molecule has 5 rings (SSSR count). The lowest BCUT2D eigenvalue weighted by molar-refractivity contribution is 0.102. The molecule has 0 fully saturated rings. The molecule has 0 bridgehead atoms. The zero-order chi connectivity index (χ0) is 22.9. The van der Waals surface area contributed by atoms with Gasteiger partial charge < -0.3 is 5.32 Å². The Balaban J connectivity index is 1.56. The summed E-state index contributed by atoms with van der Waals surface area (Å²) in [5.74, 6) is -0.658. The molecule has 0 saturated carbocycles. The minimum absolute atomic E-state index is 0.0817. The summed E-state index contributed by atoms with van der Waals surface area (Å²) in [6, 6.07) is 18.5. The van der Waals surface area contributed by atoms with Crippen LogP contribution in [0.4, 0.5) is 5.69 Å². The number of pyridine rings is 1. The van der Waals surface area contributed by atoms with Gasteiger partial charge in [-0.2, -0.15) is 5.10 Å². The monoisotopic (exact) mass is 440 g/mol. The third kappa shape index (κ3) is 3.91. The van der Waals surface area contributed by atoms with Crippen molar-refractivity contribution in [3.8, 4) is 22.6 Å². The van der Waals surface area contributed by atoms with E-state index >= 15 is 0 Å². The van der Waals surface area contributed by atoms with Crippen LogP contribution in [0.3, 0.4) is 0 Å². The van der Waals surface area contributed by atoms with E-state index < -0.39 is 5.76 Å². The quantitative estimate of drug-likeness (QED) is 0.421. The first-order valence-electron chi connectivity index (χ1n) is 10.4. The highest BCUT2D eigenvalue weighted by Crippen LogP contribution is 2.27. The number of aromatic amines is 1. The van der Waals surface area contributed by atoms with Gasteiger partial charge in [0.15, 0.2) is 11.5 Å².